The van der Waals surface area contributed by atoms with Gasteiger partial charge in [0.05, 0.1) is 12.2 Å². The molecule has 0 spiro atoms. The Hall–Kier alpha value is -0.560. The van der Waals surface area contributed by atoms with E-state index >= 15 is 0 Å². The monoisotopic (exact) mass is 178 g/mol. The maximum Gasteiger partial charge on any atom is 0.0848 e. The Morgan fingerprint density at radius 1 is 1.46 bits per heavy atom. The summed E-state index contributed by atoms with van der Waals surface area (Å²) >= 11 is 0. The molecule has 13 heavy (non-hydrogen) atoms. The van der Waals surface area contributed by atoms with Gasteiger partial charge in [-0.1, -0.05) is 18.7 Å². The van der Waals surface area contributed by atoms with E-state index < -0.39 is 0 Å². The van der Waals surface area contributed by atoms with Crippen LogP contribution in [0.25, 0.3) is 0 Å². The van der Waals surface area contributed by atoms with Gasteiger partial charge < -0.3 is 4.74 Å². The zero-order chi connectivity index (χ0) is 9.42. The molecular weight excluding hydrogens is 160 g/mol. The van der Waals surface area contributed by atoms with Crippen LogP contribution in [0.2, 0.25) is 0 Å². The van der Waals surface area contributed by atoms with Gasteiger partial charge in [-0.3, -0.25) is 0 Å². The molecule has 0 N–H and O–H groups in total. The van der Waals surface area contributed by atoms with Crippen LogP contribution in [-0.4, -0.2) is 12.2 Å². The Morgan fingerprint density at radius 3 is 2.92 bits per heavy atom. The molecule has 1 heteroatoms. The Morgan fingerprint density at radius 2 is 2.23 bits per heavy atom. The van der Waals surface area contributed by atoms with Crippen molar-refractivity contribution in [3.8, 4) is 0 Å². The fraction of sp³-hybridized carbons (Fsp3) is 0.667. The topological polar surface area (TPSA) is 9.23 Å². The van der Waals surface area contributed by atoms with Crippen LogP contribution < -0.4 is 0 Å². The molecule has 2 aliphatic carbocycles. The van der Waals surface area contributed by atoms with E-state index in [1.807, 2.05) is 0 Å². The van der Waals surface area contributed by atoms with E-state index in [0.717, 1.165) is 12.3 Å². The third kappa shape index (κ3) is 1.71. The van der Waals surface area contributed by atoms with Crippen LogP contribution in [0.1, 0.15) is 26.7 Å². The summed E-state index contributed by atoms with van der Waals surface area (Å²) < 4.78 is 5.88. The molecule has 0 radical (unpaired) electrons. The number of allylic oxidation sites excluding steroid dienone is 1. The summed E-state index contributed by atoms with van der Waals surface area (Å²) in [5.41, 5.74) is 1.29. The van der Waals surface area contributed by atoms with Crippen LogP contribution >= 0.6 is 0 Å². The standard InChI is InChI=1S/C12H18O/c1-8(2)13-12-9(3)6-10-4-5-11(12)7-10/h4-5,8,10-12H,3,6-7H2,1-2H3/t10-,11-,12+/m1/s1. The number of rotatable bonds is 2. The largest absolute Gasteiger partial charge is 0.371 e. The fourth-order valence-corrected chi connectivity index (χ4v) is 2.43. The van der Waals surface area contributed by atoms with Crippen LogP contribution in [-0.2, 0) is 4.74 Å². The zero-order valence-corrected chi connectivity index (χ0v) is 8.49. The van der Waals surface area contributed by atoms with E-state index in [1.54, 1.807) is 0 Å². The molecule has 1 fully saturated rings. The summed E-state index contributed by atoms with van der Waals surface area (Å²) in [5.74, 6) is 1.36. The summed E-state index contributed by atoms with van der Waals surface area (Å²) in [5, 5.41) is 0. The molecular formula is C12H18O. The van der Waals surface area contributed by atoms with Crippen LogP contribution in [0.4, 0.5) is 0 Å². The molecule has 1 nitrogen and oxygen atoms in total. The number of ether oxygens (including phenoxy) is 1. The number of fused-ring (bicyclic) bond motifs is 2. The summed E-state index contributed by atoms with van der Waals surface area (Å²) in [6, 6.07) is 0. The van der Waals surface area contributed by atoms with Crippen molar-refractivity contribution in [2.24, 2.45) is 11.8 Å². The lowest BCUT2D eigenvalue weighted by Crippen LogP contribution is -2.31. The van der Waals surface area contributed by atoms with Crippen molar-refractivity contribution in [1.82, 2.24) is 0 Å². The number of hydrogen-bond acceptors (Lipinski definition) is 1. The molecule has 1 saturated carbocycles. The summed E-state index contributed by atoms with van der Waals surface area (Å²) in [4.78, 5) is 0. The van der Waals surface area contributed by atoms with Crippen LogP contribution in [0.3, 0.4) is 0 Å². The van der Waals surface area contributed by atoms with Gasteiger partial charge in [0.2, 0.25) is 0 Å². The molecule has 2 rings (SSSR count). The highest BCUT2D eigenvalue weighted by atomic mass is 16.5. The van der Waals surface area contributed by atoms with Crippen molar-refractivity contribution in [2.75, 3.05) is 0 Å². The van der Waals surface area contributed by atoms with Crippen molar-refractivity contribution in [3.05, 3.63) is 24.3 Å². The van der Waals surface area contributed by atoms with Gasteiger partial charge in [-0.05, 0) is 38.2 Å². The lowest BCUT2D eigenvalue weighted by atomic mass is 9.82. The quantitative estimate of drug-likeness (QED) is 0.591. The van der Waals surface area contributed by atoms with E-state index in [9.17, 15) is 0 Å². The molecule has 0 aromatic rings. The normalized spacial score (nSPS) is 37.5. The second-order valence-corrected chi connectivity index (χ2v) is 4.51. The lowest BCUT2D eigenvalue weighted by Gasteiger charge is -2.32. The Balaban J connectivity index is 2.07. The molecule has 0 aromatic carbocycles. The van der Waals surface area contributed by atoms with Crippen molar-refractivity contribution in [1.29, 1.82) is 0 Å². The average Bonchev–Trinajstić information content (AvgIpc) is 2.42. The van der Waals surface area contributed by atoms with Crippen LogP contribution in [0, 0.1) is 11.8 Å². The first kappa shape index (κ1) is 9.01. The van der Waals surface area contributed by atoms with E-state index in [1.165, 1.54) is 12.0 Å². The van der Waals surface area contributed by atoms with E-state index in [0.29, 0.717) is 12.0 Å². The predicted octanol–water partition coefficient (Wildman–Crippen LogP) is 2.93. The third-order valence-corrected chi connectivity index (χ3v) is 2.94. The highest BCUT2D eigenvalue weighted by molar-refractivity contribution is 5.21. The smallest absolute Gasteiger partial charge is 0.0848 e. The second-order valence-electron chi connectivity index (χ2n) is 4.51. The SMILES string of the molecule is C=C1C[C@H]2C=C[C@H](C2)[C@H]1OC(C)C. The number of hydrogen-bond donors (Lipinski definition) is 0. The third-order valence-electron chi connectivity index (χ3n) is 2.94. The average molecular weight is 178 g/mol. The first-order valence-corrected chi connectivity index (χ1v) is 5.18. The molecule has 72 valence electrons. The molecule has 2 bridgehead atoms. The van der Waals surface area contributed by atoms with Gasteiger partial charge in [0.15, 0.2) is 0 Å². The summed E-state index contributed by atoms with van der Waals surface area (Å²) in [6.07, 6.45) is 7.65. The van der Waals surface area contributed by atoms with E-state index in [4.69, 9.17) is 4.74 Å². The molecule has 0 unspecified atom stereocenters. The van der Waals surface area contributed by atoms with Crippen molar-refractivity contribution in [2.45, 2.75) is 38.9 Å². The molecule has 3 atom stereocenters. The van der Waals surface area contributed by atoms with Gasteiger partial charge in [0.25, 0.3) is 0 Å². The minimum Gasteiger partial charge on any atom is -0.371 e. The van der Waals surface area contributed by atoms with Gasteiger partial charge in [0, 0.05) is 5.92 Å². The maximum atomic E-state index is 5.88. The Labute approximate surface area is 80.5 Å². The van der Waals surface area contributed by atoms with Gasteiger partial charge >= 0.3 is 0 Å². The molecule has 0 amide bonds. The molecule has 2 aliphatic rings. The van der Waals surface area contributed by atoms with E-state index in [-0.39, 0.29) is 6.10 Å². The fourth-order valence-electron chi connectivity index (χ4n) is 2.43. The van der Waals surface area contributed by atoms with Crippen molar-refractivity contribution < 1.29 is 4.74 Å². The van der Waals surface area contributed by atoms with Crippen molar-refractivity contribution >= 4 is 0 Å². The summed E-state index contributed by atoms with van der Waals surface area (Å²) in [6.45, 7) is 8.32. The van der Waals surface area contributed by atoms with Crippen molar-refractivity contribution in [3.63, 3.8) is 0 Å². The molecule has 0 saturated heterocycles. The Bertz CT molecular complexity index is 240. The van der Waals surface area contributed by atoms with Crippen LogP contribution in [0.5, 0.6) is 0 Å². The minimum atomic E-state index is 0.287. The van der Waals surface area contributed by atoms with Gasteiger partial charge in [-0.2, -0.15) is 0 Å². The highest BCUT2D eigenvalue weighted by Crippen LogP contribution is 2.40. The first-order valence-electron chi connectivity index (χ1n) is 5.18. The van der Waals surface area contributed by atoms with Gasteiger partial charge in [0.1, 0.15) is 0 Å². The maximum absolute atomic E-state index is 5.88. The zero-order valence-electron chi connectivity index (χ0n) is 8.49. The molecule has 0 heterocycles. The highest BCUT2D eigenvalue weighted by Gasteiger charge is 2.35. The van der Waals surface area contributed by atoms with Gasteiger partial charge in [-0.25, -0.2) is 0 Å². The molecule has 0 aromatic heterocycles. The molecule has 0 aliphatic heterocycles. The predicted molar refractivity (Wildman–Crippen MR) is 54.5 cm³/mol. The Kier molecular flexibility index (Phi) is 2.29. The van der Waals surface area contributed by atoms with E-state index in [2.05, 4.69) is 32.6 Å². The van der Waals surface area contributed by atoms with Gasteiger partial charge in [-0.15, -0.1) is 0 Å². The lowest BCUT2D eigenvalue weighted by molar-refractivity contribution is -0.00455. The van der Waals surface area contributed by atoms with Crippen LogP contribution in [0.15, 0.2) is 24.3 Å². The second kappa shape index (κ2) is 3.30. The first-order chi connectivity index (χ1) is 6.16. The minimum absolute atomic E-state index is 0.287. The summed E-state index contributed by atoms with van der Waals surface area (Å²) in [7, 11) is 0.